The maximum Gasteiger partial charge on any atom is 0.472 e. The summed E-state index contributed by atoms with van der Waals surface area (Å²) in [7, 11) is -10.0. The second-order valence-electron chi connectivity index (χ2n) is 26.2. The third-order valence-corrected chi connectivity index (χ3v) is 17.8. The highest BCUT2D eigenvalue weighted by atomic mass is 31.2. The fraction of sp³-hybridized carbons (Fsp3) is 0.560. The molecule has 0 aliphatic carbocycles. The highest BCUT2D eigenvalue weighted by Crippen LogP contribution is 2.45. The first-order chi connectivity index (χ1) is 53.7. The molecule has 0 aliphatic rings. The van der Waals surface area contributed by atoms with E-state index in [-0.39, 0.29) is 25.7 Å². The molecule has 0 bridgehead atoms. The SMILES string of the molecule is CC/C=C\C/C=C\C/C=C\C/C=C\C/C=C\CCCCCC(=O)OCC(COP(=O)(O)OCC(O)COP(=O)(O)OCC(COC(=O)CCCCC/C=C\C/C=C\C/C=C\C/C=C\C/C=C\CC)OC(=O)CCCCCCC/C=C\C/C=C\C/C=C\CC)OC(=O)CCC/C=C\C/C=C\C/C=C\C/C=C\C/C=C\CC. The van der Waals surface area contributed by atoms with Gasteiger partial charge in [-0.15, -0.1) is 0 Å². The molecule has 17 nitrogen and oxygen atoms in total. The fourth-order valence-electron chi connectivity index (χ4n) is 9.85. The quantitative estimate of drug-likeness (QED) is 0.0169. The number of hydrogen-bond acceptors (Lipinski definition) is 15. The minimum Gasteiger partial charge on any atom is -0.462 e. The number of esters is 4. The molecule has 5 unspecified atom stereocenters. The van der Waals surface area contributed by atoms with Gasteiger partial charge in [0.1, 0.15) is 19.3 Å². The molecule has 0 saturated carbocycles. The van der Waals surface area contributed by atoms with Crippen molar-refractivity contribution in [2.75, 3.05) is 39.6 Å². The zero-order valence-corrected chi connectivity index (χ0v) is 69.4. The molecular weight excluding hydrogens is 1430 g/mol. The first kappa shape index (κ1) is 103. The smallest absolute Gasteiger partial charge is 0.462 e. The molecule has 0 aromatic rings. The Bertz CT molecular complexity index is 2950. The number of phosphoric acid groups is 2. The van der Waals surface area contributed by atoms with Gasteiger partial charge in [-0.3, -0.25) is 37.3 Å². The summed E-state index contributed by atoms with van der Waals surface area (Å²) < 4.78 is 68.6. The maximum atomic E-state index is 13.1. The molecule has 0 aromatic heterocycles. The topological polar surface area (TPSA) is 237 Å². The number of allylic oxidation sites excluding steroid dienone is 36. The standard InChI is InChI=1S/C91H142O17P2/c1-5-9-13-17-21-25-29-33-37-40-42-45-48-51-55-59-63-67-71-75-88(93)101-81-86(107-90(95)77-73-69-65-61-57-53-47-36-32-28-24-20-16-12-8-4)83-105-109(97,98)103-79-85(92)80-104-110(99,100)106-84-87(108-91(96)78-74-70-66-62-58-54-50-44-39-35-31-27-23-19-15-11-7-3)82-102-89(94)76-72-68-64-60-56-52-49-46-43-41-38-34-30-26-22-18-14-10-6-2/h9-16,21-28,33-39,42-43,45-47,50-52,54-56,62,66,85-87,92H,5-8,17-20,29-32,40-41,44,48-49,53,57-61,63-65,67-84H2,1-4H3,(H,97,98)(H,99,100)/b13-9-,14-10-,15-11-,16-12-,25-21-,26-22-,27-23-,28-24-,37-33-,38-34-,39-35-,45-42-,46-43-,47-36-,54-50-,55-51-,56-52-,66-62-. The zero-order chi connectivity index (χ0) is 80.3. The van der Waals surface area contributed by atoms with Crippen LogP contribution in [0.1, 0.15) is 272 Å². The number of aliphatic hydroxyl groups is 1. The summed E-state index contributed by atoms with van der Waals surface area (Å²) in [6.07, 6.45) is 102. The van der Waals surface area contributed by atoms with Crippen LogP contribution in [0.4, 0.5) is 0 Å². The van der Waals surface area contributed by atoms with E-state index in [0.717, 1.165) is 186 Å². The average Bonchev–Trinajstić information content (AvgIpc) is 0.906. The number of rotatable bonds is 74. The Morgan fingerprint density at radius 1 is 0.255 bits per heavy atom. The van der Waals surface area contributed by atoms with Crippen LogP contribution < -0.4 is 0 Å². The number of aliphatic hydroxyl groups excluding tert-OH is 1. The van der Waals surface area contributed by atoms with Gasteiger partial charge in [0.05, 0.1) is 26.4 Å². The Morgan fingerprint density at radius 2 is 0.455 bits per heavy atom. The summed E-state index contributed by atoms with van der Waals surface area (Å²) in [6, 6.07) is 0. The first-order valence-electron chi connectivity index (χ1n) is 41.0. The monoisotopic (exact) mass is 1570 g/mol. The molecular formula is C91H142O17P2. The normalized spacial score (nSPS) is 14.9. The molecule has 110 heavy (non-hydrogen) atoms. The van der Waals surface area contributed by atoms with Gasteiger partial charge in [0.2, 0.25) is 0 Å². The fourth-order valence-corrected chi connectivity index (χ4v) is 11.4. The first-order valence-corrected chi connectivity index (χ1v) is 44.0. The van der Waals surface area contributed by atoms with E-state index in [9.17, 15) is 43.2 Å². The van der Waals surface area contributed by atoms with E-state index in [0.29, 0.717) is 32.1 Å². The van der Waals surface area contributed by atoms with E-state index in [1.807, 2.05) is 12.2 Å². The minimum atomic E-state index is -5.02. The molecule has 0 aromatic carbocycles. The highest BCUT2D eigenvalue weighted by molar-refractivity contribution is 7.47. The lowest BCUT2D eigenvalue weighted by Gasteiger charge is -2.21. The van der Waals surface area contributed by atoms with Gasteiger partial charge in [-0.1, -0.05) is 279 Å². The van der Waals surface area contributed by atoms with Crippen molar-refractivity contribution in [1.29, 1.82) is 0 Å². The zero-order valence-electron chi connectivity index (χ0n) is 67.6. The van der Waals surface area contributed by atoms with Crippen LogP contribution in [0.15, 0.2) is 219 Å². The van der Waals surface area contributed by atoms with E-state index in [2.05, 4.69) is 234 Å². The van der Waals surface area contributed by atoms with Gasteiger partial charge in [0, 0.05) is 25.7 Å². The molecule has 0 aliphatic heterocycles. The van der Waals surface area contributed by atoms with Crippen molar-refractivity contribution in [3.8, 4) is 0 Å². The van der Waals surface area contributed by atoms with Crippen molar-refractivity contribution in [3.05, 3.63) is 219 Å². The molecule has 0 fully saturated rings. The summed E-state index contributed by atoms with van der Waals surface area (Å²) in [6.45, 7) is 4.23. The van der Waals surface area contributed by atoms with E-state index in [1.165, 1.54) is 0 Å². The van der Waals surface area contributed by atoms with Gasteiger partial charge in [0.25, 0.3) is 0 Å². The van der Waals surface area contributed by atoms with Crippen LogP contribution in [-0.2, 0) is 65.4 Å². The molecule has 0 rings (SSSR count). The Kier molecular flexibility index (Phi) is 75.6. The van der Waals surface area contributed by atoms with E-state index >= 15 is 0 Å². The van der Waals surface area contributed by atoms with Gasteiger partial charge in [0.15, 0.2) is 12.2 Å². The van der Waals surface area contributed by atoms with Gasteiger partial charge in [-0.05, 0) is 186 Å². The molecule has 618 valence electrons. The highest BCUT2D eigenvalue weighted by Gasteiger charge is 2.30. The third kappa shape index (κ3) is 79.5. The summed E-state index contributed by atoms with van der Waals surface area (Å²) >= 11 is 0. The molecule has 19 heteroatoms. The molecule has 0 saturated heterocycles. The van der Waals surface area contributed by atoms with Crippen LogP contribution in [-0.4, -0.2) is 96.7 Å². The molecule has 0 amide bonds. The lowest BCUT2D eigenvalue weighted by atomic mass is 10.1. The Morgan fingerprint density at radius 3 is 0.727 bits per heavy atom. The summed E-state index contributed by atoms with van der Waals surface area (Å²) in [5.41, 5.74) is 0. The predicted molar refractivity (Wildman–Crippen MR) is 454 cm³/mol. The van der Waals surface area contributed by atoms with Crippen molar-refractivity contribution in [3.63, 3.8) is 0 Å². The van der Waals surface area contributed by atoms with Crippen molar-refractivity contribution in [2.24, 2.45) is 0 Å². The van der Waals surface area contributed by atoms with E-state index in [1.54, 1.807) is 0 Å². The van der Waals surface area contributed by atoms with Gasteiger partial charge in [-0.25, -0.2) is 9.13 Å². The molecule has 3 N–H and O–H groups in total. The predicted octanol–water partition coefficient (Wildman–Crippen LogP) is 24.4. The molecule has 0 spiro atoms. The number of hydrogen-bond donors (Lipinski definition) is 3. The number of phosphoric ester groups is 2. The van der Waals surface area contributed by atoms with Gasteiger partial charge < -0.3 is 33.8 Å². The Labute approximate surface area is 664 Å². The summed E-state index contributed by atoms with van der Waals surface area (Å²) in [5, 5.41) is 10.7. The van der Waals surface area contributed by atoms with Crippen LogP contribution in [0.5, 0.6) is 0 Å². The van der Waals surface area contributed by atoms with Crippen LogP contribution in [0.25, 0.3) is 0 Å². The third-order valence-electron chi connectivity index (χ3n) is 15.9. The van der Waals surface area contributed by atoms with E-state index < -0.39 is 97.5 Å². The average molecular weight is 1570 g/mol. The summed E-state index contributed by atoms with van der Waals surface area (Å²) in [5.74, 6) is -2.36. The number of carbonyl (C=O) groups is 4. The molecule has 0 radical (unpaired) electrons. The van der Waals surface area contributed by atoms with Crippen LogP contribution >= 0.6 is 15.6 Å². The van der Waals surface area contributed by atoms with Crippen molar-refractivity contribution >= 4 is 39.5 Å². The number of unbranched alkanes of at least 4 members (excludes halogenated alkanes) is 12. The number of carbonyl (C=O) groups excluding carboxylic acids is 4. The maximum absolute atomic E-state index is 13.1. The lowest BCUT2D eigenvalue weighted by Crippen LogP contribution is -2.30. The van der Waals surface area contributed by atoms with Crippen LogP contribution in [0, 0.1) is 0 Å². The molecule has 0 heterocycles. The second kappa shape index (κ2) is 80.4. The largest absolute Gasteiger partial charge is 0.472 e. The van der Waals surface area contributed by atoms with Crippen LogP contribution in [0.3, 0.4) is 0 Å². The summed E-state index contributed by atoms with van der Waals surface area (Å²) in [4.78, 5) is 73.2. The molecule has 5 atom stereocenters. The van der Waals surface area contributed by atoms with Crippen molar-refractivity contribution in [1.82, 2.24) is 0 Å². The Hall–Kier alpha value is -6.62. The van der Waals surface area contributed by atoms with Gasteiger partial charge in [-0.2, -0.15) is 0 Å². The van der Waals surface area contributed by atoms with Crippen molar-refractivity contribution < 1.29 is 80.2 Å². The lowest BCUT2D eigenvalue weighted by molar-refractivity contribution is -0.161. The number of ether oxygens (including phenoxy) is 4. The minimum absolute atomic E-state index is 0.00183. The second-order valence-corrected chi connectivity index (χ2v) is 29.1. The van der Waals surface area contributed by atoms with Crippen molar-refractivity contribution in [2.45, 2.75) is 290 Å². The van der Waals surface area contributed by atoms with Gasteiger partial charge >= 0.3 is 39.5 Å². The Balaban J connectivity index is 5.53. The van der Waals surface area contributed by atoms with E-state index in [4.69, 9.17) is 37.0 Å². The van der Waals surface area contributed by atoms with Crippen LogP contribution in [0.2, 0.25) is 0 Å².